The fraction of sp³-hybridized carbons (Fsp3) is 0.643. The third kappa shape index (κ3) is 6.42. The number of fused-ring (bicyclic) bond motifs is 2. The molecule has 0 spiro atoms. The summed E-state index contributed by atoms with van der Waals surface area (Å²) in [6.07, 6.45) is 11.3. The van der Waals surface area contributed by atoms with Gasteiger partial charge in [-0.25, -0.2) is 0 Å². The lowest BCUT2D eigenvalue weighted by Gasteiger charge is -2.41. The van der Waals surface area contributed by atoms with Crippen molar-refractivity contribution in [3.05, 3.63) is 36.1 Å². The van der Waals surface area contributed by atoms with Crippen molar-refractivity contribution >= 4 is 17.7 Å². The summed E-state index contributed by atoms with van der Waals surface area (Å²) < 4.78 is 11.7. The molecule has 3 unspecified atom stereocenters. The Bertz CT molecular complexity index is 948. The number of amides is 1. The Balaban J connectivity index is 1.26. The van der Waals surface area contributed by atoms with Crippen LogP contribution in [-0.2, 0) is 0 Å². The average Bonchev–Trinajstić information content (AvgIpc) is 3.27. The Hall–Kier alpha value is -1.99. The van der Waals surface area contributed by atoms with Crippen LogP contribution in [-0.4, -0.2) is 36.8 Å². The van der Waals surface area contributed by atoms with Crippen molar-refractivity contribution in [3.8, 4) is 5.88 Å². The number of carbonyl (C=O) groups excluding carboxylic acids is 1. The first-order chi connectivity index (χ1) is 17.2. The average molecular weight is 498 g/mol. The fourth-order valence-corrected chi connectivity index (χ4v) is 7.21. The van der Waals surface area contributed by atoms with E-state index in [1.807, 2.05) is 30.3 Å². The summed E-state index contributed by atoms with van der Waals surface area (Å²) in [6.45, 7) is 4.89. The van der Waals surface area contributed by atoms with Crippen LogP contribution >= 0.6 is 11.8 Å². The Kier molecular flexibility index (Phi) is 8.35. The molecule has 3 fully saturated rings. The van der Waals surface area contributed by atoms with Gasteiger partial charge in [0.15, 0.2) is 0 Å². The van der Waals surface area contributed by atoms with Gasteiger partial charge in [0.2, 0.25) is 5.76 Å². The summed E-state index contributed by atoms with van der Waals surface area (Å²) in [5, 5.41) is 10.9. The lowest BCUT2D eigenvalue weighted by atomic mass is 9.66. The zero-order chi connectivity index (χ0) is 24.0. The SMILES string of the molecule is CC(NC(=O)c1onc(OCCC2CCNCC2)c1Sc1ccccc1)C1CC2CCCC(C2)C1. The molecule has 190 valence electrons. The molecule has 35 heavy (non-hydrogen) atoms. The van der Waals surface area contributed by atoms with Gasteiger partial charge in [0.05, 0.1) is 6.61 Å². The lowest BCUT2D eigenvalue weighted by molar-refractivity contribution is 0.0818. The van der Waals surface area contributed by atoms with E-state index < -0.39 is 0 Å². The van der Waals surface area contributed by atoms with Crippen molar-refractivity contribution in [2.45, 2.75) is 80.5 Å². The van der Waals surface area contributed by atoms with Crippen molar-refractivity contribution < 1.29 is 14.1 Å². The molecule has 5 rings (SSSR count). The van der Waals surface area contributed by atoms with Crippen molar-refractivity contribution in [2.75, 3.05) is 19.7 Å². The number of ether oxygens (including phenoxy) is 1. The second kappa shape index (κ2) is 11.8. The molecule has 3 aliphatic rings. The molecule has 1 aliphatic heterocycles. The standard InChI is InChI=1S/C28H39N3O3S/c1-19(23-17-21-6-5-7-22(16-21)18-23)30-27(32)25-26(35-24-8-3-2-4-9-24)28(31-34-25)33-15-12-20-10-13-29-14-11-20/h2-4,8-9,19-23,29H,5-7,10-18H2,1H3,(H,30,32). The zero-order valence-corrected chi connectivity index (χ0v) is 21.7. The first-order valence-electron chi connectivity index (χ1n) is 13.5. The minimum absolute atomic E-state index is 0.120. The second-order valence-corrected chi connectivity index (χ2v) is 11.9. The normalized spacial score (nSPS) is 25.7. The van der Waals surface area contributed by atoms with Gasteiger partial charge in [0.25, 0.3) is 11.8 Å². The predicted octanol–water partition coefficient (Wildman–Crippen LogP) is 5.93. The van der Waals surface area contributed by atoms with Crippen LogP contribution in [0.4, 0.5) is 0 Å². The van der Waals surface area contributed by atoms with Gasteiger partial charge in [-0.1, -0.05) is 49.2 Å². The van der Waals surface area contributed by atoms with Crippen LogP contribution in [0.5, 0.6) is 5.88 Å². The number of hydrogen-bond donors (Lipinski definition) is 2. The van der Waals surface area contributed by atoms with Crippen LogP contribution in [0.3, 0.4) is 0 Å². The maximum atomic E-state index is 13.4. The van der Waals surface area contributed by atoms with Crippen molar-refractivity contribution in [3.63, 3.8) is 0 Å². The Morgan fingerprint density at radius 2 is 1.89 bits per heavy atom. The quantitative estimate of drug-likeness (QED) is 0.447. The number of nitrogens with zero attached hydrogens (tertiary/aromatic N) is 1. The van der Waals surface area contributed by atoms with E-state index in [0.717, 1.165) is 36.2 Å². The largest absolute Gasteiger partial charge is 0.475 e. The van der Waals surface area contributed by atoms with Crippen molar-refractivity contribution in [2.24, 2.45) is 23.7 Å². The van der Waals surface area contributed by atoms with E-state index in [9.17, 15) is 4.79 Å². The highest BCUT2D eigenvalue weighted by Gasteiger charge is 2.35. The van der Waals surface area contributed by atoms with E-state index in [1.54, 1.807) is 0 Å². The molecule has 6 nitrogen and oxygen atoms in total. The van der Waals surface area contributed by atoms with Gasteiger partial charge in [-0.05, 0) is 99.5 Å². The summed E-state index contributed by atoms with van der Waals surface area (Å²) >= 11 is 1.49. The molecule has 0 radical (unpaired) electrons. The first kappa shape index (κ1) is 24.7. The molecule has 2 heterocycles. The molecule has 2 N–H and O–H groups in total. The number of piperidine rings is 1. The van der Waals surface area contributed by atoms with Gasteiger partial charge in [-0.15, -0.1) is 0 Å². The monoisotopic (exact) mass is 497 g/mol. The van der Waals surface area contributed by atoms with Crippen molar-refractivity contribution in [1.29, 1.82) is 0 Å². The lowest BCUT2D eigenvalue weighted by Crippen LogP contribution is -2.42. The van der Waals surface area contributed by atoms with Gasteiger partial charge in [0.1, 0.15) is 4.90 Å². The first-order valence-corrected chi connectivity index (χ1v) is 14.3. The van der Waals surface area contributed by atoms with E-state index in [0.29, 0.717) is 29.2 Å². The Morgan fingerprint density at radius 3 is 2.63 bits per heavy atom. The molecule has 2 saturated carbocycles. The van der Waals surface area contributed by atoms with E-state index >= 15 is 0 Å². The molecule has 1 amide bonds. The maximum absolute atomic E-state index is 13.4. The van der Waals surface area contributed by atoms with E-state index in [-0.39, 0.29) is 17.7 Å². The number of benzene rings is 1. The van der Waals surface area contributed by atoms with Crippen LogP contribution in [0.1, 0.15) is 75.3 Å². The summed E-state index contributed by atoms with van der Waals surface area (Å²) in [4.78, 5) is 15.1. The highest BCUT2D eigenvalue weighted by molar-refractivity contribution is 7.99. The van der Waals surface area contributed by atoms with Gasteiger partial charge < -0.3 is 19.9 Å². The predicted molar refractivity (Wildman–Crippen MR) is 138 cm³/mol. The van der Waals surface area contributed by atoms with Crippen LogP contribution in [0.25, 0.3) is 0 Å². The minimum atomic E-state index is -0.188. The molecular formula is C28H39N3O3S. The maximum Gasteiger partial charge on any atom is 0.291 e. The van der Waals surface area contributed by atoms with E-state index in [1.165, 1.54) is 63.1 Å². The van der Waals surface area contributed by atoms with Crippen LogP contribution in [0.15, 0.2) is 44.6 Å². The third-order valence-corrected chi connectivity index (χ3v) is 9.31. The third-order valence-electron chi connectivity index (χ3n) is 8.24. The topological polar surface area (TPSA) is 76.4 Å². The molecule has 1 aromatic heterocycles. The number of carbonyl (C=O) groups is 1. The fourth-order valence-electron chi connectivity index (χ4n) is 6.27. The summed E-state index contributed by atoms with van der Waals surface area (Å²) in [6, 6.07) is 10.2. The molecule has 1 aromatic carbocycles. The molecule has 2 bridgehead atoms. The van der Waals surface area contributed by atoms with Gasteiger partial charge in [-0.2, -0.15) is 0 Å². The summed E-state index contributed by atoms with van der Waals surface area (Å²) in [5.41, 5.74) is 0. The second-order valence-electron chi connectivity index (χ2n) is 10.8. The summed E-state index contributed by atoms with van der Waals surface area (Å²) in [5.74, 6) is 3.38. The Morgan fingerprint density at radius 1 is 1.14 bits per heavy atom. The molecule has 3 atom stereocenters. The molecule has 2 aliphatic carbocycles. The molecule has 7 heteroatoms. The van der Waals surface area contributed by atoms with Gasteiger partial charge in [0, 0.05) is 10.9 Å². The minimum Gasteiger partial charge on any atom is -0.475 e. The molecule has 2 aromatic rings. The number of rotatable bonds is 9. The Labute approximate surface area is 213 Å². The van der Waals surface area contributed by atoms with Gasteiger partial charge in [-0.3, -0.25) is 4.79 Å². The molecule has 1 saturated heterocycles. The smallest absolute Gasteiger partial charge is 0.291 e. The van der Waals surface area contributed by atoms with Crippen LogP contribution in [0.2, 0.25) is 0 Å². The summed E-state index contributed by atoms with van der Waals surface area (Å²) in [7, 11) is 0. The number of nitrogens with one attached hydrogen (secondary N) is 2. The van der Waals surface area contributed by atoms with Crippen molar-refractivity contribution in [1.82, 2.24) is 15.8 Å². The van der Waals surface area contributed by atoms with E-state index in [2.05, 4.69) is 22.7 Å². The van der Waals surface area contributed by atoms with Gasteiger partial charge >= 0.3 is 0 Å². The highest BCUT2D eigenvalue weighted by Crippen LogP contribution is 2.44. The van der Waals surface area contributed by atoms with Crippen LogP contribution < -0.4 is 15.4 Å². The number of hydrogen-bond acceptors (Lipinski definition) is 6. The van der Waals surface area contributed by atoms with Crippen LogP contribution in [0, 0.1) is 23.7 Å². The zero-order valence-electron chi connectivity index (χ0n) is 20.8. The van der Waals surface area contributed by atoms with E-state index in [4.69, 9.17) is 9.26 Å². The number of aromatic nitrogens is 1. The molecular weight excluding hydrogens is 458 g/mol. The highest BCUT2D eigenvalue weighted by atomic mass is 32.2.